The molecule has 0 aliphatic heterocycles. The predicted octanol–water partition coefficient (Wildman–Crippen LogP) is 2.87. The molecular formula is C15H24FN2O+. The third-order valence-corrected chi connectivity index (χ3v) is 3.99. The smallest absolute Gasteiger partial charge is 0.282 e. The Morgan fingerprint density at radius 2 is 1.79 bits per heavy atom. The van der Waals surface area contributed by atoms with Crippen LogP contribution in [0.25, 0.3) is 0 Å². The zero-order chi connectivity index (χ0) is 14.8. The Labute approximate surface area is 115 Å². The van der Waals surface area contributed by atoms with Crippen molar-refractivity contribution >= 4 is 11.6 Å². The summed E-state index contributed by atoms with van der Waals surface area (Å²) in [6.07, 6.45) is 0. The van der Waals surface area contributed by atoms with Crippen LogP contribution in [-0.2, 0) is 4.79 Å². The molecule has 0 bridgehead atoms. The maximum atomic E-state index is 13.2. The second-order valence-electron chi connectivity index (χ2n) is 5.67. The van der Waals surface area contributed by atoms with Crippen LogP contribution in [0.2, 0.25) is 0 Å². The number of nitrogens with one attached hydrogen (secondary N) is 1. The number of amides is 1. The first kappa shape index (κ1) is 15.6. The van der Waals surface area contributed by atoms with E-state index in [1.165, 1.54) is 12.1 Å². The molecule has 0 radical (unpaired) electrons. The molecule has 0 saturated carbocycles. The Morgan fingerprint density at radius 3 is 2.21 bits per heavy atom. The highest BCUT2D eigenvalue weighted by molar-refractivity contribution is 5.95. The Balaban J connectivity index is 2.95. The summed E-state index contributed by atoms with van der Waals surface area (Å²) in [5.74, 6) is -0.310. The summed E-state index contributed by atoms with van der Waals surface area (Å²) in [6.45, 7) is 8.44. The summed E-state index contributed by atoms with van der Waals surface area (Å²) >= 11 is 0. The van der Waals surface area contributed by atoms with E-state index >= 15 is 0 Å². The van der Waals surface area contributed by atoms with Gasteiger partial charge in [-0.1, -0.05) is 0 Å². The summed E-state index contributed by atoms with van der Waals surface area (Å²) in [6, 6.07) is 2.72. The lowest BCUT2D eigenvalue weighted by molar-refractivity contribution is -0.902. The maximum Gasteiger partial charge on any atom is 0.282 e. The highest BCUT2D eigenvalue weighted by Crippen LogP contribution is 2.22. The topological polar surface area (TPSA) is 29.1 Å². The molecule has 3 nitrogen and oxygen atoms in total. The Kier molecular flexibility index (Phi) is 4.69. The summed E-state index contributed by atoms with van der Waals surface area (Å²) in [5, 5.41) is 2.92. The molecule has 0 aromatic heterocycles. The fourth-order valence-corrected chi connectivity index (χ4v) is 1.93. The Hall–Kier alpha value is -1.42. The number of rotatable bonds is 4. The van der Waals surface area contributed by atoms with Crippen LogP contribution in [0.3, 0.4) is 0 Å². The van der Waals surface area contributed by atoms with Crippen molar-refractivity contribution in [1.29, 1.82) is 0 Å². The number of halogens is 1. The molecule has 0 heterocycles. The first-order valence-corrected chi connectivity index (χ1v) is 6.59. The van der Waals surface area contributed by atoms with E-state index in [2.05, 4.69) is 12.2 Å². The minimum absolute atomic E-state index is 0.0374. The molecule has 19 heavy (non-hydrogen) atoms. The average Bonchev–Trinajstić information content (AvgIpc) is 2.32. The molecule has 4 heteroatoms. The number of quaternary nitrogens is 1. The van der Waals surface area contributed by atoms with E-state index in [1.54, 1.807) is 13.8 Å². The molecule has 0 saturated heterocycles. The van der Waals surface area contributed by atoms with Gasteiger partial charge in [0, 0.05) is 5.69 Å². The number of nitrogens with zero attached hydrogens (tertiary/aromatic N) is 1. The van der Waals surface area contributed by atoms with Crippen molar-refractivity contribution in [2.24, 2.45) is 0 Å². The van der Waals surface area contributed by atoms with Crippen LogP contribution in [-0.4, -0.2) is 37.1 Å². The van der Waals surface area contributed by atoms with Gasteiger partial charge in [0.05, 0.1) is 20.6 Å². The number of likely N-dealkylation sites (N-methyl/N-ethyl adjacent to an activating group) is 1. The van der Waals surface area contributed by atoms with Gasteiger partial charge in [-0.05, 0) is 51.0 Å². The number of hydrogen-bond acceptors (Lipinski definition) is 1. The van der Waals surface area contributed by atoms with Gasteiger partial charge in [-0.25, -0.2) is 4.39 Å². The minimum atomic E-state index is -0.272. The number of anilines is 1. The molecule has 106 valence electrons. The highest BCUT2D eigenvalue weighted by Gasteiger charge is 2.29. The minimum Gasteiger partial charge on any atom is -0.320 e. The number of carbonyl (C=O) groups excluding carboxylic acids is 1. The standard InChI is InChI=1S/C15H23FN2O/c1-7-18(5,6)12(4)15(19)17-14-10(2)8-13(16)9-11(14)3/h8-9,12H,7H2,1-6H3/p+1. The second kappa shape index (κ2) is 5.70. The van der Waals surface area contributed by atoms with Crippen molar-refractivity contribution < 1.29 is 13.7 Å². The van der Waals surface area contributed by atoms with Gasteiger partial charge < -0.3 is 9.80 Å². The molecule has 0 fully saturated rings. The maximum absolute atomic E-state index is 13.2. The number of hydrogen-bond donors (Lipinski definition) is 1. The van der Waals surface area contributed by atoms with E-state index in [9.17, 15) is 9.18 Å². The lowest BCUT2D eigenvalue weighted by atomic mass is 10.1. The van der Waals surface area contributed by atoms with E-state index in [-0.39, 0.29) is 17.8 Å². The van der Waals surface area contributed by atoms with Gasteiger partial charge in [0.2, 0.25) is 0 Å². The Morgan fingerprint density at radius 1 is 1.32 bits per heavy atom. The first-order valence-electron chi connectivity index (χ1n) is 6.59. The normalized spacial score (nSPS) is 13.2. The van der Waals surface area contributed by atoms with Crippen molar-refractivity contribution in [3.8, 4) is 0 Å². The van der Waals surface area contributed by atoms with E-state index in [0.717, 1.165) is 17.7 Å². The quantitative estimate of drug-likeness (QED) is 0.835. The summed E-state index contributed by atoms with van der Waals surface area (Å²) in [4.78, 5) is 12.3. The van der Waals surface area contributed by atoms with E-state index in [0.29, 0.717) is 10.2 Å². The Bertz CT molecular complexity index is 460. The molecule has 1 amide bonds. The third kappa shape index (κ3) is 3.53. The fraction of sp³-hybridized carbons (Fsp3) is 0.533. The van der Waals surface area contributed by atoms with Gasteiger partial charge in [0.25, 0.3) is 5.91 Å². The fourth-order valence-electron chi connectivity index (χ4n) is 1.93. The molecule has 1 atom stereocenters. The van der Waals surface area contributed by atoms with Gasteiger partial charge in [0.1, 0.15) is 5.82 Å². The third-order valence-electron chi connectivity index (χ3n) is 3.99. The van der Waals surface area contributed by atoms with Crippen molar-refractivity contribution in [3.63, 3.8) is 0 Å². The largest absolute Gasteiger partial charge is 0.320 e. The zero-order valence-corrected chi connectivity index (χ0v) is 12.7. The van der Waals surface area contributed by atoms with Gasteiger partial charge >= 0.3 is 0 Å². The molecule has 0 spiro atoms. The highest BCUT2D eigenvalue weighted by atomic mass is 19.1. The van der Waals surface area contributed by atoms with E-state index < -0.39 is 0 Å². The molecule has 1 aromatic carbocycles. The van der Waals surface area contributed by atoms with E-state index in [1.807, 2.05) is 21.0 Å². The summed E-state index contributed by atoms with van der Waals surface area (Å²) in [7, 11) is 4.04. The van der Waals surface area contributed by atoms with Gasteiger partial charge in [0.15, 0.2) is 6.04 Å². The van der Waals surface area contributed by atoms with Crippen LogP contribution in [0.5, 0.6) is 0 Å². The van der Waals surface area contributed by atoms with Crippen LogP contribution in [0.1, 0.15) is 25.0 Å². The predicted molar refractivity (Wildman–Crippen MR) is 76.6 cm³/mol. The molecule has 0 aliphatic carbocycles. The number of aryl methyl sites for hydroxylation is 2. The summed E-state index contributed by atoms with van der Waals surface area (Å²) in [5.41, 5.74) is 2.22. The van der Waals surface area contributed by atoms with Crippen LogP contribution < -0.4 is 5.32 Å². The SMILES string of the molecule is CC[N+](C)(C)C(C)C(=O)Nc1c(C)cc(F)cc1C. The molecule has 1 aromatic rings. The van der Waals surface area contributed by atoms with Gasteiger partial charge in [-0.3, -0.25) is 4.79 Å². The van der Waals surface area contributed by atoms with Crippen molar-refractivity contribution in [2.45, 2.75) is 33.7 Å². The van der Waals surface area contributed by atoms with Gasteiger partial charge in [-0.2, -0.15) is 0 Å². The molecular weight excluding hydrogens is 243 g/mol. The van der Waals surface area contributed by atoms with Crippen LogP contribution in [0.4, 0.5) is 10.1 Å². The first-order chi connectivity index (χ1) is 8.69. The average molecular weight is 267 g/mol. The van der Waals surface area contributed by atoms with Crippen LogP contribution >= 0.6 is 0 Å². The van der Waals surface area contributed by atoms with Crippen LogP contribution in [0.15, 0.2) is 12.1 Å². The monoisotopic (exact) mass is 267 g/mol. The second-order valence-corrected chi connectivity index (χ2v) is 5.67. The molecule has 1 N–H and O–H groups in total. The van der Waals surface area contributed by atoms with Crippen molar-refractivity contribution in [3.05, 3.63) is 29.1 Å². The van der Waals surface area contributed by atoms with E-state index in [4.69, 9.17) is 0 Å². The van der Waals surface area contributed by atoms with Crippen molar-refractivity contribution in [1.82, 2.24) is 0 Å². The number of carbonyl (C=O) groups is 1. The number of benzene rings is 1. The molecule has 1 rings (SSSR count). The lowest BCUT2D eigenvalue weighted by Gasteiger charge is -2.34. The van der Waals surface area contributed by atoms with Gasteiger partial charge in [-0.15, -0.1) is 0 Å². The van der Waals surface area contributed by atoms with Crippen LogP contribution in [0, 0.1) is 19.7 Å². The van der Waals surface area contributed by atoms with Crippen molar-refractivity contribution in [2.75, 3.05) is 26.0 Å². The zero-order valence-electron chi connectivity index (χ0n) is 12.7. The molecule has 0 aliphatic rings. The lowest BCUT2D eigenvalue weighted by Crippen LogP contribution is -2.52. The summed E-state index contributed by atoms with van der Waals surface area (Å²) < 4.78 is 13.8. The molecule has 1 unspecified atom stereocenters.